The Kier molecular flexibility index (Phi) is 6.13. The van der Waals surface area contributed by atoms with Crippen molar-refractivity contribution in [3.05, 3.63) is 72.1 Å². The van der Waals surface area contributed by atoms with Crippen molar-refractivity contribution in [3.8, 4) is 28.5 Å². The SMILES string of the molecule is Cc1ccc(-c2c(-c3ccc(C#N)cc3)cc3c(N4CCC(N)CC4)nncn23)cc1.Cl. The van der Waals surface area contributed by atoms with E-state index in [2.05, 4.69) is 62.8 Å². The number of halogens is 1. The molecule has 2 aromatic carbocycles. The third-order valence-corrected chi connectivity index (χ3v) is 6.07. The molecule has 2 aromatic heterocycles. The molecule has 0 radical (unpaired) electrons. The summed E-state index contributed by atoms with van der Waals surface area (Å²) in [6.07, 6.45) is 3.70. The zero-order valence-electron chi connectivity index (χ0n) is 17.9. The van der Waals surface area contributed by atoms with Crippen LogP contribution in [0.2, 0.25) is 0 Å². The molecule has 7 heteroatoms. The molecule has 0 atom stereocenters. The van der Waals surface area contributed by atoms with Gasteiger partial charge in [-0.15, -0.1) is 22.6 Å². The van der Waals surface area contributed by atoms with Gasteiger partial charge in [0, 0.05) is 24.7 Å². The van der Waals surface area contributed by atoms with E-state index >= 15 is 0 Å². The number of hydrogen-bond donors (Lipinski definition) is 1. The minimum Gasteiger partial charge on any atom is -0.353 e. The lowest BCUT2D eigenvalue weighted by Crippen LogP contribution is -2.40. The molecule has 32 heavy (non-hydrogen) atoms. The third-order valence-electron chi connectivity index (χ3n) is 6.07. The van der Waals surface area contributed by atoms with E-state index in [0.717, 1.165) is 59.7 Å². The number of nitrogens with two attached hydrogens (primary N) is 1. The van der Waals surface area contributed by atoms with Gasteiger partial charge in [-0.25, -0.2) is 0 Å². The van der Waals surface area contributed by atoms with Gasteiger partial charge in [-0.2, -0.15) is 5.26 Å². The summed E-state index contributed by atoms with van der Waals surface area (Å²) in [6.45, 7) is 3.85. The van der Waals surface area contributed by atoms with Gasteiger partial charge in [-0.1, -0.05) is 42.0 Å². The van der Waals surface area contributed by atoms with Crippen LogP contribution in [-0.2, 0) is 0 Å². The standard InChI is InChI=1S/C25H24N6.ClH/c1-17-2-6-20(7-3-17)24-22(19-8-4-18(15-26)5-9-19)14-23-25(29-28-16-31(23)24)30-12-10-21(27)11-13-30;/h2-9,14,16,21H,10-13,27H2,1H3;1H. The summed E-state index contributed by atoms with van der Waals surface area (Å²) in [5.41, 5.74) is 13.4. The Morgan fingerprint density at radius 3 is 2.31 bits per heavy atom. The quantitative estimate of drug-likeness (QED) is 0.499. The number of aromatic nitrogens is 3. The average Bonchev–Trinajstić information content (AvgIpc) is 3.20. The Morgan fingerprint density at radius 2 is 1.66 bits per heavy atom. The summed E-state index contributed by atoms with van der Waals surface area (Å²) < 4.78 is 2.13. The fourth-order valence-electron chi connectivity index (χ4n) is 4.29. The number of fused-ring (bicyclic) bond motifs is 1. The zero-order chi connectivity index (χ0) is 21.4. The number of hydrogen-bond acceptors (Lipinski definition) is 5. The molecular weight excluding hydrogens is 420 g/mol. The molecule has 2 N–H and O–H groups in total. The first-order valence-electron chi connectivity index (χ1n) is 10.6. The molecule has 0 saturated carbocycles. The van der Waals surface area contributed by atoms with Gasteiger partial charge in [-0.05, 0) is 49.1 Å². The number of aryl methyl sites for hydroxylation is 1. The van der Waals surface area contributed by atoms with Crippen LogP contribution in [0.5, 0.6) is 0 Å². The van der Waals surface area contributed by atoms with E-state index in [1.165, 1.54) is 5.56 Å². The van der Waals surface area contributed by atoms with Gasteiger partial charge in [0.1, 0.15) is 6.33 Å². The van der Waals surface area contributed by atoms with E-state index in [0.29, 0.717) is 5.56 Å². The second kappa shape index (κ2) is 8.99. The first kappa shape index (κ1) is 21.8. The molecule has 1 saturated heterocycles. The maximum absolute atomic E-state index is 9.19. The van der Waals surface area contributed by atoms with Gasteiger partial charge >= 0.3 is 0 Å². The summed E-state index contributed by atoms with van der Waals surface area (Å²) in [4.78, 5) is 2.28. The minimum atomic E-state index is 0. The van der Waals surface area contributed by atoms with Crippen molar-refractivity contribution in [2.45, 2.75) is 25.8 Å². The smallest absolute Gasteiger partial charge is 0.175 e. The van der Waals surface area contributed by atoms with Crippen molar-refractivity contribution < 1.29 is 0 Å². The summed E-state index contributed by atoms with van der Waals surface area (Å²) in [5.74, 6) is 0.891. The maximum atomic E-state index is 9.19. The van der Waals surface area contributed by atoms with E-state index in [1.807, 2.05) is 24.3 Å². The number of nitrogens with zero attached hydrogens (tertiary/aromatic N) is 5. The van der Waals surface area contributed by atoms with Crippen molar-refractivity contribution in [1.82, 2.24) is 14.6 Å². The normalized spacial score (nSPS) is 14.2. The second-order valence-corrected chi connectivity index (χ2v) is 8.20. The van der Waals surface area contributed by atoms with Crippen LogP contribution in [0.4, 0.5) is 5.82 Å². The number of anilines is 1. The Labute approximate surface area is 193 Å². The van der Waals surface area contributed by atoms with Crippen molar-refractivity contribution >= 4 is 23.7 Å². The van der Waals surface area contributed by atoms with Crippen LogP contribution in [0.25, 0.3) is 27.9 Å². The second-order valence-electron chi connectivity index (χ2n) is 8.20. The van der Waals surface area contributed by atoms with Crippen molar-refractivity contribution in [2.24, 2.45) is 5.73 Å². The molecule has 0 aliphatic carbocycles. The molecule has 1 fully saturated rings. The van der Waals surface area contributed by atoms with Gasteiger partial charge in [-0.3, -0.25) is 4.40 Å². The van der Waals surface area contributed by atoms with Gasteiger partial charge < -0.3 is 10.6 Å². The largest absolute Gasteiger partial charge is 0.353 e. The van der Waals surface area contributed by atoms with E-state index in [1.54, 1.807) is 6.33 Å². The maximum Gasteiger partial charge on any atom is 0.175 e. The fourth-order valence-corrected chi connectivity index (χ4v) is 4.29. The summed E-state index contributed by atoms with van der Waals surface area (Å²) >= 11 is 0. The van der Waals surface area contributed by atoms with Crippen LogP contribution in [0, 0.1) is 18.3 Å². The molecule has 0 unspecified atom stereocenters. The van der Waals surface area contributed by atoms with Crippen LogP contribution in [0.1, 0.15) is 24.0 Å². The Hall–Kier alpha value is -3.40. The van der Waals surface area contributed by atoms with Crippen LogP contribution in [0.3, 0.4) is 0 Å². The number of piperidine rings is 1. The molecule has 162 valence electrons. The molecular formula is C25H25ClN6. The van der Waals surface area contributed by atoms with Gasteiger partial charge in [0.2, 0.25) is 0 Å². The van der Waals surface area contributed by atoms with Gasteiger partial charge in [0.15, 0.2) is 5.82 Å². The van der Waals surface area contributed by atoms with E-state index in [9.17, 15) is 5.26 Å². The highest BCUT2D eigenvalue weighted by Gasteiger charge is 2.23. The Balaban J connectivity index is 0.00000245. The fraction of sp³-hybridized carbons (Fsp3) is 0.240. The number of nitriles is 1. The van der Waals surface area contributed by atoms with E-state index < -0.39 is 0 Å². The predicted octanol–water partition coefficient (Wildman–Crippen LogP) is 4.59. The first-order valence-corrected chi connectivity index (χ1v) is 10.6. The molecule has 0 spiro atoms. The van der Waals surface area contributed by atoms with Crippen LogP contribution < -0.4 is 10.6 Å². The lowest BCUT2D eigenvalue weighted by atomic mass is 10.00. The number of rotatable bonds is 3. The predicted molar refractivity (Wildman–Crippen MR) is 130 cm³/mol. The molecule has 4 aromatic rings. The number of benzene rings is 2. The van der Waals surface area contributed by atoms with Crippen molar-refractivity contribution in [3.63, 3.8) is 0 Å². The van der Waals surface area contributed by atoms with Crippen molar-refractivity contribution in [2.75, 3.05) is 18.0 Å². The lowest BCUT2D eigenvalue weighted by Gasteiger charge is -2.31. The molecule has 6 nitrogen and oxygen atoms in total. The van der Waals surface area contributed by atoms with Crippen molar-refractivity contribution in [1.29, 1.82) is 5.26 Å². The van der Waals surface area contributed by atoms with Gasteiger partial charge in [0.25, 0.3) is 0 Å². The highest BCUT2D eigenvalue weighted by atomic mass is 35.5. The van der Waals surface area contributed by atoms with E-state index in [4.69, 9.17) is 5.73 Å². The lowest BCUT2D eigenvalue weighted by molar-refractivity contribution is 0.498. The minimum absolute atomic E-state index is 0. The highest BCUT2D eigenvalue weighted by Crippen LogP contribution is 2.38. The topological polar surface area (TPSA) is 83.2 Å². The molecule has 5 rings (SSSR count). The zero-order valence-corrected chi connectivity index (χ0v) is 18.7. The summed E-state index contributed by atoms with van der Waals surface area (Å²) in [6, 6.07) is 20.9. The van der Waals surface area contributed by atoms with Gasteiger partial charge in [0.05, 0.1) is 22.8 Å². The van der Waals surface area contributed by atoms with E-state index in [-0.39, 0.29) is 18.4 Å². The highest BCUT2D eigenvalue weighted by molar-refractivity contribution is 5.90. The van der Waals surface area contributed by atoms with Crippen LogP contribution >= 0.6 is 12.4 Å². The first-order chi connectivity index (χ1) is 15.1. The summed E-state index contributed by atoms with van der Waals surface area (Å²) in [7, 11) is 0. The van der Waals surface area contributed by atoms with Crippen LogP contribution in [0.15, 0.2) is 60.9 Å². The Morgan fingerprint density at radius 1 is 1.00 bits per heavy atom. The molecule has 1 aliphatic heterocycles. The molecule has 0 bridgehead atoms. The molecule has 3 heterocycles. The third kappa shape index (κ3) is 3.93. The average molecular weight is 445 g/mol. The summed E-state index contributed by atoms with van der Waals surface area (Å²) in [5, 5.41) is 18.0. The monoisotopic (exact) mass is 444 g/mol. The Bertz CT molecular complexity index is 1260. The molecule has 1 aliphatic rings. The molecule has 0 amide bonds. The van der Waals surface area contributed by atoms with Crippen LogP contribution in [-0.4, -0.2) is 33.7 Å².